The van der Waals surface area contributed by atoms with Crippen molar-refractivity contribution < 1.29 is 0 Å². The number of thioether (sulfide) groups is 1. The lowest BCUT2D eigenvalue weighted by molar-refractivity contribution is 0.677. The van der Waals surface area contributed by atoms with E-state index in [1.165, 1.54) is 25.0 Å². The van der Waals surface area contributed by atoms with Crippen molar-refractivity contribution in [3.05, 3.63) is 18.1 Å². The Morgan fingerprint density at radius 2 is 2.47 bits per heavy atom. The van der Waals surface area contributed by atoms with Crippen molar-refractivity contribution in [1.82, 2.24) is 9.97 Å². The van der Waals surface area contributed by atoms with Crippen LogP contribution >= 0.6 is 11.8 Å². The highest BCUT2D eigenvalue weighted by molar-refractivity contribution is 7.99. The molecule has 0 aromatic carbocycles. The maximum absolute atomic E-state index is 4.33. The minimum Gasteiger partial charge on any atom is -0.369 e. The first kappa shape index (κ1) is 10.7. The highest BCUT2D eigenvalue weighted by atomic mass is 32.2. The van der Waals surface area contributed by atoms with Gasteiger partial charge in [-0.3, -0.25) is 0 Å². The van der Waals surface area contributed by atoms with Crippen LogP contribution in [0.3, 0.4) is 0 Å². The number of rotatable bonds is 3. The minimum atomic E-state index is 0.758. The van der Waals surface area contributed by atoms with Crippen LogP contribution in [0.4, 0.5) is 5.82 Å². The summed E-state index contributed by atoms with van der Waals surface area (Å²) in [4.78, 5) is 8.40. The number of anilines is 1. The fourth-order valence-electron chi connectivity index (χ4n) is 1.74. The van der Waals surface area contributed by atoms with Gasteiger partial charge in [0.2, 0.25) is 0 Å². The number of nitrogens with zero attached hydrogens (tertiary/aromatic N) is 2. The molecule has 1 aromatic heterocycles. The number of nitrogens with one attached hydrogen (secondary N) is 1. The van der Waals surface area contributed by atoms with Crippen molar-refractivity contribution in [2.75, 3.05) is 17.6 Å². The summed E-state index contributed by atoms with van der Waals surface area (Å²) in [5.74, 6) is 3.10. The third-order valence-electron chi connectivity index (χ3n) is 2.56. The molecule has 0 radical (unpaired) electrons. The summed E-state index contributed by atoms with van der Waals surface area (Å²) in [5, 5.41) is 4.14. The van der Waals surface area contributed by atoms with Crippen LogP contribution in [-0.4, -0.2) is 27.5 Å². The monoisotopic (exact) mass is 223 g/mol. The average molecular weight is 223 g/mol. The summed E-state index contributed by atoms with van der Waals surface area (Å²) in [6.07, 6.45) is 5.90. The third-order valence-corrected chi connectivity index (χ3v) is 3.96. The van der Waals surface area contributed by atoms with Gasteiger partial charge >= 0.3 is 0 Å². The third kappa shape index (κ3) is 3.38. The molecule has 3 nitrogen and oxygen atoms in total. The summed E-state index contributed by atoms with van der Waals surface area (Å²) < 4.78 is 0. The van der Waals surface area contributed by atoms with Crippen molar-refractivity contribution in [3.8, 4) is 0 Å². The fourth-order valence-corrected chi connectivity index (χ4v) is 2.98. The zero-order valence-corrected chi connectivity index (χ0v) is 9.89. The largest absolute Gasteiger partial charge is 0.369 e. The molecule has 1 aromatic rings. The van der Waals surface area contributed by atoms with Gasteiger partial charge in [0.25, 0.3) is 0 Å². The van der Waals surface area contributed by atoms with Crippen LogP contribution in [0.25, 0.3) is 0 Å². The molecule has 1 N–H and O–H groups in total. The fraction of sp³-hybridized carbons (Fsp3) is 0.636. The molecule has 1 saturated heterocycles. The maximum atomic E-state index is 4.33. The molecule has 0 amide bonds. The highest BCUT2D eigenvalue weighted by Gasteiger charge is 2.13. The van der Waals surface area contributed by atoms with Crippen LogP contribution in [-0.2, 0) is 0 Å². The lowest BCUT2D eigenvalue weighted by atomic mass is 10.2. The normalized spacial score (nSPS) is 21.3. The van der Waals surface area contributed by atoms with Crippen LogP contribution in [0.5, 0.6) is 0 Å². The smallest absolute Gasteiger partial charge is 0.129 e. The quantitative estimate of drug-likeness (QED) is 0.854. The number of aryl methyl sites for hydroxylation is 1. The molecule has 1 aliphatic rings. The van der Waals surface area contributed by atoms with Crippen molar-refractivity contribution >= 4 is 17.6 Å². The van der Waals surface area contributed by atoms with E-state index in [1.807, 2.05) is 13.0 Å². The number of hydrogen-bond donors (Lipinski definition) is 1. The molecule has 82 valence electrons. The Bertz CT molecular complexity index is 310. The Morgan fingerprint density at radius 3 is 3.20 bits per heavy atom. The highest BCUT2D eigenvalue weighted by Crippen LogP contribution is 2.24. The Hall–Kier alpha value is -0.770. The van der Waals surface area contributed by atoms with E-state index in [4.69, 9.17) is 0 Å². The molecular formula is C11H17N3S. The van der Waals surface area contributed by atoms with E-state index in [0.29, 0.717) is 0 Å². The Morgan fingerprint density at radius 1 is 1.53 bits per heavy atom. The Balaban J connectivity index is 1.81. The molecule has 2 heterocycles. The molecule has 1 atom stereocenters. The zero-order chi connectivity index (χ0) is 10.5. The topological polar surface area (TPSA) is 37.8 Å². The molecule has 0 spiro atoms. The summed E-state index contributed by atoms with van der Waals surface area (Å²) in [6.45, 7) is 2.95. The SMILES string of the molecule is Cc1nccc(NCC2CCCCS2)n1. The molecular weight excluding hydrogens is 206 g/mol. The van der Waals surface area contributed by atoms with Gasteiger partial charge in [-0.2, -0.15) is 11.8 Å². The van der Waals surface area contributed by atoms with Gasteiger partial charge in [0.1, 0.15) is 11.6 Å². The number of aromatic nitrogens is 2. The van der Waals surface area contributed by atoms with Gasteiger partial charge in [0.05, 0.1) is 0 Å². The molecule has 0 aliphatic carbocycles. The predicted molar refractivity (Wildman–Crippen MR) is 65.4 cm³/mol. The second kappa shape index (κ2) is 5.35. The molecule has 0 bridgehead atoms. The minimum absolute atomic E-state index is 0.758. The summed E-state index contributed by atoms with van der Waals surface area (Å²) in [5.41, 5.74) is 0. The Kier molecular flexibility index (Phi) is 3.83. The van der Waals surface area contributed by atoms with E-state index in [0.717, 1.165) is 23.4 Å². The zero-order valence-electron chi connectivity index (χ0n) is 9.07. The van der Waals surface area contributed by atoms with Gasteiger partial charge in [0.15, 0.2) is 0 Å². The van der Waals surface area contributed by atoms with Gasteiger partial charge in [0, 0.05) is 18.0 Å². The lowest BCUT2D eigenvalue weighted by Gasteiger charge is -2.21. The van der Waals surface area contributed by atoms with Crippen LogP contribution in [0, 0.1) is 6.92 Å². The van der Waals surface area contributed by atoms with Gasteiger partial charge in [-0.15, -0.1) is 0 Å². The van der Waals surface area contributed by atoms with E-state index in [2.05, 4.69) is 27.0 Å². The standard InChI is InChI=1S/C11H17N3S/c1-9-12-6-5-11(14-9)13-8-10-4-2-3-7-15-10/h5-6,10H,2-4,7-8H2,1H3,(H,12,13,14). The molecule has 0 saturated carbocycles. The second-order valence-corrected chi connectivity index (χ2v) is 5.27. The lowest BCUT2D eigenvalue weighted by Crippen LogP contribution is -2.20. The van der Waals surface area contributed by atoms with Crippen molar-refractivity contribution in [1.29, 1.82) is 0 Å². The second-order valence-electron chi connectivity index (χ2n) is 3.86. The molecule has 1 unspecified atom stereocenters. The molecule has 1 aliphatic heterocycles. The van der Waals surface area contributed by atoms with Crippen molar-refractivity contribution in [2.45, 2.75) is 31.4 Å². The molecule has 15 heavy (non-hydrogen) atoms. The molecule has 1 fully saturated rings. The Labute approximate surface area is 95.1 Å². The molecule has 4 heteroatoms. The van der Waals surface area contributed by atoms with Crippen LogP contribution in [0.1, 0.15) is 25.1 Å². The van der Waals surface area contributed by atoms with Crippen LogP contribution < -0.4 is 5.32 Å². The van der Waals surface area contributed by atoms with E-state index in [1.54, 1.807) is 6.20 Å². The van der Waals surface area contributed by atoms with Gasteiger partial charge in [-0.1, -0.05) is 6.42 Å². The summed E-state index contributed by atoms with van der Waals surface area (Å²) in [7, 11) is 0. The summed E-state index contributed by atoms with van der Waals surface area (Å²) >= 11 is 2.08. The van der Waals surface area contributed by atoms with Gasteiger partial charge in [-0.05, 0) is 31.6 Å². The van der Waals surface area contributed by atoms with E-state index < -0.39 is 0 Å². The van der Waals surface area contributed by atoms with Crippen LogP contribution in [0.2, 0.25) is 0 Å². The van der Waals surface area contributed by atoms with Gasteiger partial charge < -0.3 is 5.32 Å². The van der Waals surface area contributed by atoms with Gasteiger partial charge in [-0.25, -0.2) is 9.97 Å². The van der Waals surface area contributed by atoms with E-state index in [9.17, 15) is 0 Å². The predicted octanol–water partition coefficient (Wildman–Crippen LogP) is 2.48. The van der Waals surface area contributed by atoms with Crippen LogP contribution in [0.15, 0.2) is 12.3 Å². The van der Waals surface area contributed by atoms with Crippen molar-refractivity contribution in [3.63, 3.8) is 0 Å². The first-order valence-corrected chi connectivity index (χ1v) is 6.54. The first-order valence-electron chi connectivity index (χ1n) is 5.50. The first-order chi connectivity index (χ1) is 7.34. The number of hydrogen-bond acceptors (Lipinski definition) is 4. The van der Waals surface area contributed by atoms with E-state index >= 15 is 0 Å². The summed E-state index contributed by atoms with van der Waals surface area (Å²) in [6, 6.07) is 1.93. The van der Waals surface area contributed by atoms with Crippen molar-refractivity contribution in [2.24, 2.45) is 0 Å². The maximum Gasteiger partial charge on any atom is 0.129 e. The van der Waals surface area contributed by atoms with E-state index in [-0.39, 0.29) is 0 Å². The average Bonchev–Trinajstić information content (AvgIpc) is 2.28. The molecule has 2 rings (SSSR count).